The van der Waals surface area contributed by atoms with Gasteiger partial charge in [0.2, 0.25) is 0 Å². The minimum Gasteiger partial charge on any atom is -0.361 e. The van der Waals surface area contributed by atoms with Crippen molar-refractivity contribution in [3.8, 4) is 0 Å². The monoisotopic (exact) mass is 268 g/mol. The summed E-state index contributed by atoms with van der Waals surface area (Å²) in [5, 5.41) is 6.59. The molecule has 1 rings (SSSR count). The van der Waals surface area contributed by atoms with Crippen LogP contribution >= 0.6 is 11.3 Å². The third-order valence-electron chi connectivity index (χ3n) is 3.41. The summed E-state index contributed by atoms with van der Waals surface area (Å²) < 4.78 is 0. The number of nitrogens with zero attached hydrogens (tertiary/aromatic N) is 1. The third-order valence-corrected chi connectivity index (χ3v) is 4.14. The van der Waals surface area contributed by atoms with Gasteiger partial charge in [-0.15, -0.1) is 11.3 Å². The van der Waals surface area contributed by atoms with E-state index in [0.717, 1.165) is 17.6 Å². The molecule has 18 heavy (non-hydrogen) atoms. The Hall–Kier alpha value is -0.570. The summed E-state index contributed by atoms with van der Waals surface area (Å²) >= 11 is 1.70. The molecule has 0 radical (unpaired) electrons. The van der Waals surface area contributed by atoms with Gasteiger partial charge < -0.3 is 5.32 Å². The van der Waals surface area contributed by atoms with E-state index in [-0.39, 0.29) is 0 Å². The molecule has 0 aliphatic rings. The molecule has 3 heteroatoms. The van der Waals surface area contributed by atoms with Gasteiger partial charge in [0.15, 0.2) is 5.13 Å². The minimum atomic E-state index is 0.825. The van der Waals surface area contributed by atoms with Crippen molar-refractivity contribution in [2.75, 3.05) is 11.9 Å². The number of aromatic nitrogens is 1. The van der Waals surface area contributed by atoms with Gasteiger partial charge in [-0.25, -0.2) is 4.98 Å². The van der Waals surface area contributed by atoms with E-state index in [0.29, 0.717) is 0 Å². The van der Waals surface area contributed by atoms with E-state index in [1.807, 2.05) is 11.6 Å². The molecule has 0 aromatic carbocycles. The number of unbranched alkanes of at least 4 members (excludes halogenated alkanes) is 4. The average Bonchev–Trinajstić information content (AvgIpc) is 2.90. The molecule has 0 aliphatic carbocycles. The maximum atomic E-state index is 4.29. The van der Waals surface area contributed by atoms with Crippen molar-refractivity contribution in [3.05, 3.63) is 11.6 Å². The van der Waals surface area contributed by atoms with Crippen molar-refractivity contribution in [2.24, 2.45) is 5.92 Å². The van der Waals surface area contributed by atoms with Gasteiger partial charge in [0.25, 0.3) is 0 Å². The van der Waals surface area contributed by atoms with E-state index >= 15 is 0 Å². The van der Waals surface area contributed by atoms with Gasteiger partial charge in [-0.1, -0.05) is 52.4 Å². The Balaban J connectivity index is 2.21. The first kappa shape index (κ1) is 15.5. The summed E-state index contributed by atoms with van der Waals surface area (Å²) in [6.07, 6.45) is 12.8. The lowest BCUT2D eigenvalue weighted by Gasteiger charge is -2.17. The van der Waals surface area contributed by atoms with E-state index in [2.05, 4.69) is 24.1 Å². The highest BCUT2D eigenvalue weighted by Gasteiger charge is 2.08. The normalized spacial score (nSPS) is 12.6. The quantitative estimate of drug-likeness (QED) is 0.548. The van der Waals surface area contributed by atoms with Crippen LogP contribution in [-0.4, -0.2) is 11.5 Å². The van der Waals surface area contributed by atoms with E-state index in [9.17, 15) is 0 Å². The van der Waals surface area contributed by atoms with Crippen LogP contribution < -0.4 is 5.32 Å². The van der Waals surface area contributed by atoms with Gasteiger partial charge in [0.05, 0.1) is 0 Å². The van der Waals surface area contributed by atoms with Gasteiger partial charge in [-0.2, -0.15) is 0 Å². The number of hydrogen-bond donors (Lipinski definition) is 1. The zero-order valence-electron chi connectivity index (χ0n) is 12.0. The van der Waals surface area contributed by atoms with E-state index in [1.54, 1.807) is 11.3 Å². The Morgan fingerprint density at radius 2 is 1.89 bits per heavy atom. The van der Waals surface area contributed by atoms with Crippen LogP contribution in [0, 0.1) is 5.92 Å². The predicted octanol–water partition coefficient (Wildman–Crippen LogP) is 5.33. The lowest BCUT2D eigenvalue weighted by Crippen LogP contribution is -2.14. The molecule has 1 aromatic heterocycles. The fourth-order valence-electron chi connectivity index (χ4n) is 2.24. The van der Waals surface area contributed by atoms with Crippen molar-refractivity contribution < 1.29 is 0 Å². The van der Waals surface area contributed by atoms with Gasteiger partial charge in [-0.05, 0) is 18.8 Å². The first-order valence-corrected chi connectivity index (χ1v) is 8.38. The minimum absolute atomic E-state index is 0.825. The summed E-state index contributed by atoms with van der Waals surface area (Å²) in [5.74, 6) is 0.825. The van der Waals surface area contributed by atoms with Crippen molar-refractivity contribution in [2.45, 2.75) is 65.2 Å². The fraction of sp³-hybridized carbons (Fsp3) is 0.800. The van der Waals surface area contributed by atoms with Crippen LogP contribution in [0.4, 0.5) is 5.13 Å². The van der Waals surface area contributed by atoms with Crippen molar-refractivity contribution in [1.29, 1.82) is 0 Å². The number of rotatable bonds is 11. The number of hydrogen-bond acceptors (Lipinski definition) is 3. The largest absolute Gasteiger partial charge is 0.361 e. The number of anilines is 1. The van der Waals surface area contributed by atoms with Gasteiger partial charge in [0.1, 0.15) is 0 Å². The third kappa shape index (κ3) is 7.00. The molecular formula is C15H28N2S. The Morgan fingerprint density at radius 1 is 1.11 bits per heavy atom. The second kappa shape index (κ2) is 10.4. The van der Waals surface area contributed by atoms with Crippen LogP contribution in [0.5, 0.6) is 0 Å². The molecule has 1 unspecified atom stereocenters. The topological polar surface area (TPSA) is 24.9 Å². The molecule has 0 aliphatic heterocycles. The van der Waals surface area contributed by atoms with Crippen LogP contribution in [0.2, 0.25) is 0 Å². The van der Waals surface area contributed by atoms with Crippen molar-refractivity contribution >= 4 is 16.5 Å². The van der Waals surface area contributed by atoms with Crippen LogP contribution in [0.25, 0.3) is 0 Å². The smallest absolute Gasteiger partial charge is 0.182 e. The highest BCUT2D eigenvalue weighted by Crippen LogP contribution is 2.19. The van der Waals surface area contributed by atoms with Crippen LogP contribution in [0.1, 0.15) is 65.2 Å². The molecule has 0 amide bonds. The molecular weight excluding hydrogens is 240 g/mol. The predicted molar refractivity (Wildman–Crippen MR) is 82.4 cm³/mol. The van der Waals surface area contributed by atoms with Crippen LogP contribution in [0.3, 0.4) is 0 Å². The zero-order chi connectivity index (χ0) is 13.1. The number of nitrogens with one attached hydrogen (secondary N) is 1. The SMILES string of the molecule is CCCCCCC(CCCC)CNc1nccs1. The number of thiazole rings is 1. The molecule has 0 spiro atoms. The summed E-state index contributed by atoms with van der Waals surface area (Å²) in [6, 6.07) is 0. The van der Waals surface area contributed by atoms with Crippen LogP contribution in [0.15, 0.2) is 11.6 Å². The Bertz CT molecular complexity index is 272. The maximum absolute atomic E-state index is 4.29. The first-order valence-electron chi connectivity index (χ1n) is 7.50. The van der Waals surface area contributed by atoms with Crippen molar-refractivity contribution in [3.63, 3.8) is 0 Å². The second-order valence-corrected chi connectivity index (χ2v) is 5.97. The molecule has 0 bridgehead atoms. The lowest BCUT2D eigenvalue weighted by atomic mass is 9.95. The first-order chi connectivity index (χ1) is 8.86. The van der Waals surface area contributed by atoms with Crippen LogP contribution in [-0.2, 0) is 0 Å². The van der Waals surface area contributed by atoms with E-state index in [1.165, 1.54) is 51.4 Å². The highest BCUT2D eigenvalue weighted by molar-refractivity contribution is 7.13. The van der Waals surface area contributed by atoms with Gasteiger partial charge in [-0.3, -0.25) is 0 Å². The lowest BCUT2D eigenvalue weighted by molar-refractivity contribution is 0.430. The standard InChI is InChI=1S/C15H28N2S/c1-3-5-7-8-10-14(9-6-4-2)13-17-15-16-11-12-18-15/h11-12,14H,3-10,13H2,1-2H3,(H,16,17). The Kier molecular flexibility index (Phi) is 8.92. The fourth-order valence-corrected chi connectivity index (χ4v) is 2.78. The Morgan fingerprint density at radius 3 is 2.56 bits per heavy atom. The van der Waals surface area contributed by atoms with Crippen molar-refractivity contribution in [1.82, 2.24) is 4.98 Å². The summed E-state index contributed by atoms with van der Waals surface area (Å²) in [6.45, 7) is 5.65. The molecule has 2 nitrogen and oxygen atoms in total. The highest BCUT2D eigenvalue weighted by atomic mass is 32.1. The van der Waals surface area contributed by atoms with E-state index in [4.69, 9.17) is 0 Å². The molecule has 0 fully saturated rings. The van der Waals surface area contributed by atoms with E-state index < -0.39 is 0 Å². The molecule has 1 aromatic rings. The zero-order valence-corrected chi connectivity index (χ0v) is 12.8. The molecule has 0 saturated carbocycles. The van der Waals surface area contributed by atoms with Gasteiger partial charge in [0, 0.05) is 18.1 Å². The maximum Gasteiger partial charge on any atom is 0.182 e. The summed E-state index contributed by atoms with van der Waals surface area (Å²) in [4.78, 5) is 4.29. The molecule has 0 saturated heterocycles. The Labute approximate surface area is 116 Å². The molecule has 104 valence electrons. The molecule has 1 atom stereocenters. The summed E-state index contributed by atoms with van der Waals surface area (Å²) in [7, 11) is 0. The summed E-state index contributed by atoms with van der Waals surface area (Å²) in [5.41, 5.74) is 0. The molecule has 1 heterocycles. The molecule has 1 N–H and O–H groups in total. The second-order valence-electron chi connectivity index (χ2n) is 5.08. The average molecular weight is 268 g/mol. The van der Waals surface area contributed by atoms with Gasteiger partial charge >= 0.3 is 0 Å².